The lowest BCUT2D eigenvalue weighted by molar-refractivity contribution is -0.115. The Labute approximate surface area is 114 Å². The lowest BCUT2D eigenvalue weighted by Crippen LogP contribution is -2.04. The molecule has 0 radical (unpaired) electrons. The summed E-state index contributed by atoms with van der Waals surface area (Å²) in [6.45, 7) is 4.77. The Morgan fingerprint density at radius 3 is 2.39 bits per heavy atom. The lowest BCUT2D eigenvalue weighted by Gasteiger charge is -1.93. The van der Waals surface area contributed by atoms with Crippen LogP contribution in [-0.2, 0) is 13.7 Å². The first-order chi connectivity index (χ1) is 8.86. The molecule has 0 amide bonds. The Morgan fingerprint density at radius 2 is 2.00 bits per heavy atom. The van der Waals surface area contributed by atoms with Gasteiger partial charge in [0.05, 0.1) is 7.11 Å². The highest BCUT2D eigenvalue weighted by atomic mass is 32.2. The zero-order valence-electron chi connectivity index (χ0n) is 11.3. The van der Waals surface area contributed by atoms with Gasteiger partial charge in [0, 0.05) is 23.5 Å². The van der Waals surface area contributed by atoms with E-state index in [0.29, 0.717) is 0 Å². The second-order valence-electron chi connectivity index (χ2n) is 3.25. The van der Waals surface area contributed by atoms with E-state index in [4.69, 9.17) is 8.92 Å². The average molecular weight is 270 g/mol. The van der Waals surface area contributed by atoms with Crippen molar-refractivity contribution in [3.63, 3.8) is 0 Å². The molecule has 1 fully saturated rings. The molecule has 1 saturated heterocycles. The fourth-order valence-corrected chi connectivity index (χ4v) is 1.74. The van der Waals surface area contributed by atoms with Crippen LogP contribution in [0.25, 0.3) is 0 Å². The van der Waals surface area contributed by atoms with Gasteiger partial charge in [-0.25, -0.2) is 0 Å². The van der Waals surface area contributed by atoms with Gasteiger partial charge in [-0.3, -0.25) is 0 Å². The minimum atomic E-state index is -0.0833. The van der Waals surface area contributed by atoms with Crippen molar-refractivity contribution in [1.29, 1.82) is 0 Å². The Morgan fingerprint density at radius 1 is 1.33 bits per heavy atom. The number of ether oxygens (including phenoxy) is 1. The van der Waals surface area contributed by atoms with Crippen molar-refractivity contribution >= 4 is 18.3 Å². The van der Waals surface area contributed by atoms with Crippen molar-refractivity contribution < 1.29 is 13.7 Å². The first kappa shape index (κ1) is 17.2. The maximum atomic E-state index is 9.88. The summed E-state index contributed by atoms with van der Waals surface area (Å²) in [5, 5.41) is 0. The van der Waals surface area contributed by atoms with E-state index in [1.807, 2.05) is 44.2 Å². The number of carbonyl (C=O) groups is 1. The molecule has 0 aromatic heterocycles. The van der Waals surface area contributed by atoms with Crippen LogP contribution in [0.1, 0.15) is 26.7 Å². The summed E-state index contributed by atoms with van der Waals surface area (Å²) in [5.74, 6) is 0. The van der Waals surface area contributed by atoms with Crippen molar-refractivity contribution in [2.45, 2.75) is 37.7 Å². The van der Waals surface area contributed by atoms with Gasteiger partial charge in [0.2, 0.25) is 0 Å². The van der Waals surface area contributed by atoms with Crippen molar-refractivity contribution in [1.82, 2.24) is 0 Å². The van der Waals surface area contributed by atoms with Gasteiger partial charge in [0.1, 0.15) is 12.4 Å². The van der Waals surface area contributed by atoms with Crippen molar-refractivity contribution in [3.05, 3.63) is 30.3 Å². The summed E-state index contributed by atoms with van der Waals surface area (Å²) >= 11 is 1.38. The molecule has 1 aliphatic heterocycles. The molecular weight excluding hydrogens is 248 g/mol. The van der Waals surface area contributed by atoms with Crippen LogP contribution in [0.2, 0.25) is 0 Å². The minimum Gasteiger partial charge on any atom is -0.371 e. The highest BCUT2D eigenvalue weighted by Gasteiger charge is 2.12. The van der Waals surface area contributed by atoms with Gasteiger partial charge >= 0.3 is 0 Å². The van der Waals surface area contributed by atoms with Gasteiger partial charge in [0.15, 0.2) is 0 Å². The van der Waals surface area contributed by atoms with Crippen molar-refractivity contribution in [2.24, 2.45) is 0 Å². The molecule has 1 unspecified atom stereocenters. The molecule has 0 aliphatic carbocycles. The summed E-state index contributed by atoms with van der Waals surface area (Å²) in [7, 11) is 1.66. The number of carbonyl (C=O) groups excluding carboxylic acids is 1. The summed E-state index contributed by atoms with van der Waals surface area (Å²) in [6.07, 6.45) is 2.75. The summed E-state index contributed by atoms with van der Waals surface area (Å²) in [5.41, 5.74) is 0. The van der Waals surface area contributed by atoms with E-state index in [-0.39, 0.29) is 6.10 Å². The largest absolute Gasteiger partial charge is 0.371 e. The minimum absolute atomic E-state index is 0.0833. The maximum absolute atomic E-state index is 9.88. The van der Waals surface area contributed by atoms with E-state index in [9.17, 15) is 4.79 Å². The third-order valence-corrected chi connectivity index (χ3v) is 2.67. The molecule has 3 nitrogen and oxygen atoms in total. The summed E-state index contributed by atoms with van der Waals surface area (Å²) in [4.78, 5) is 11.0. The van der Waals surface area contributed by atoms with Crippen LogP contribution in [0.4, 0.5) is 0 Å². The van der Waals surface area contributed by atoms with Crippen LogP contribution in [0.3, 0.4) is 0 Å². The second-order valence-corrected chi connectivity index (χ2v) is 4.22. The number of rotatable bonds is 3. The van der Waals surface area contributed by atoms with Gasteiger partial charge in [-0.15, -0.1) is 0 Å². The molecule has 18 heavy (non-hydrogen) atoms. The normalized spacial score (nSPS) is 16.9. The van der Waals surface area contributed by atoms with Crippen LogP contribution in [0, 0.1) is 0 Å². The van der Waals surface area contributed by atoms with Crippen LogP contribution >= 0.6 is 12.0 Å². The monoisotopic (exact) mass is 270 g/mol. The molecule has 1 aromatic rings. The van der Waals surface area contributed by atoms with E-state index in [1.165, 1.54) is 12.0 Å². The predicted octanol–water partition coefficient (Wildman–Crippen LogP) is 3.73. The standard InChI is InChI=1S/C7H8OS.C5H8O2.C2H6/c1-8-9-7-5-3-2-4-6-7;6-4-5-2-1-3-7-5;1-2/h2-6H,1H3;4-5H,1-3H2;1-2H3. The summed E-state index contributed by atoms with van der Waals surface area (Å²) in [6, 6.07) is 9.98. The van der Waals surface area contributed by atoms with Crippen molar-refractivity contribution in [2.75, 3.05) is 13.7 Å². The number of benzene rings is 1. The van der Waals surface area contributed by atoms with Gasteiger partial charge in [-0.05, 0) is 25.0 Å². The SMILES string of the molecule is CC.COSc1ccccc1.O=CC1CCCO1. The van der Waals surface area contributed by atoms with E-state index >= 15 is 0 Å². The van der Waals surface area contributed by atoms with Crippen LogP contribution in [0.15, 0.2) is 35.2 Å². The van der Waals surface area contributed by atoms with Crippen LogP contribution in [-0.4, -0.2) is 26.1 Å². The maximum Gasteiger partial charge on any atom is 0.148 e. The quantitative estimate of drug-likeness (QED) is 0.619. The fourth-order valence-electron chi connectivity index (χ4n) is 1.28. The van der Waals surface area contributed by atoms with Crippen LogP contribution in [0.5, 0.6) is 0 Å². The Hall–Kier alpha value is -0.840. The Kier molecular flexibility index (Phi) is 12.0. The molecule has 1 aromatic carbocycles. The molecule has 2 rings (SSSR count). The molecule has 1 atom stereocenters. The van der Waals surface area contributed by atoms with E-state index < -0.39 is 0 Å². The molecule has 1 aliphatic rings. The highest BCUT2D eigenvalue weighted by Crippen LogP contribution is 2.15. The number of aldehydes is 1. The smallest absolute Gasteiger partial charge is 0.148 e. The molecule has 102 valence electrons. The highest BCUT2D eigenvalue weighted by molar-refractivity contribution is 7.94. The third kappa shape index (κ3) is 8.28. The lowest BCUT2D eigenvalue weighted by atomic mass is 10.3. The molecule has 4 heteroatoms. The van der Waals surface area contributed by atoms with Gasteiger partial charge in [-0.2, -0.15) is 0 Å². The van der Waals surface area contributed by atoms with Gasteiger partial charge < -0.3 is 13.7 Å². The van der Waals surface area contributed by atoms with Crippen LogP contribution < -0.4 is 0 Å². The van der Waals surface area contributed by atoms with E-state index in [2.05, 4.69) is 0 Å². The first-order valence-electron chi connectivity index (χ1n) is 6.19. The first-order valence-corrected chi connectivity index (χ1v) is 6.93. The molecule has 0 spiro atoms. The number of hydrogen-bond donors (Lipinski definition) is 0. The molecular formula is C14H22O3S. The molecule has 0 bridgehead atoms. The summed E-state index contributed by atoms with van der Waals surface area (Å²) < 4.78 is 9.78. The van der Waals surface area contributed by atoms with E-state index in [0.717, 1.165) is 30.6 Å². The molecule has 0 N–H and O–H groups in total. The third-order valence-electron chi connectivity index (χ3n) is 2.04. The number of hydrogen-bond acceptors (Lipinski definition) is 4. The van der Waals surface area contributed by atoms with Crippen molar-refractivity contribution in [3.8, 4) is 0 Å². The average Bonchev–Trinajstić information content (AvgIpc) is 2.97. The topological polar surface area (TPSA) is 35.5 Å². The zero-order chi connectivity index (χ0) is 13.6. The Balaban J connectivity index is 0.000000289. The zero-order valence-corrected chi connectivity index (χ0v) is 12.1. The second kappa shape index (κ2) is 12.6. The predicted molar refractivity (Wildman–Crippen MR) is 75.7 cm³/mol. The Bertz CT molecular complexity index is 284. The van der Waals surface area contributed by atoms with Gasteiger partial charge in [-0.1, -0.05) is 32.0 Å². The van der Waals surface area contributed by atoms with E-state index in [1.54, 1.807) is 7.11 Å². The fraction of sp³-hybridized carbons (Fsp3) is 0.500. The van der Waals surface area contributed by atoms with Gasteiger partial charge in [0.25, 0.3) is 0 Å². The molecule has 1 heterocycles. The molecule has 0 saturated carbocycles.